The number of benzene rings is 2. The number of methoxy groups -OCH3 is 1. The van der Waals surface area contributed by atoms with Crippen LogP contribution in [-0.4, -0.2) is 44.2 Å². The van der Waals surface area contributed by atoms with Crippen molar-refractivity contribution in [3.63, 3.8) is 0 Å². The van der Waals surface area contributed by atoms with Crippen molar-refractivity contribution in [1.29, 1.82) is 0 Å². The third kappa shape index (κ3) is 3.95. The molecular formula is C23H29ClN2O2. The molecule has 1 unspecified atom stereocenters. The van der Waals surface area contributed by atoms with E-state index in [-0.39, 0.29) is 24.2 Å². The van der Waals surface area contributed by atoms with E-state index >= 15 is 0 Å². The van der Waals surface area contributed by atoms with Crippen LogP contribution in [0.2, 0.25) is 0 Å². The zero-order valence-corrected chi connectivity index (χ0v) is 17.2. The number of hydrogen-bond acceptors (Lipinski definition) is 3. The zero-order valence-electron chi connectivity index (χ0n) is 16.4. The van der Waals surface area contributed by atoms with E-state index in [1.807, 2.05) is 6.07 Å². The van der Waals surface area contributed by atoms with Crippen LogP contribution in [0.5, 0.6) is 0 Å². The van der Waals surface area contributed by atoms with Crippen LogP contribution >= 0.6 is 12.4 Å². The highest BCUT2D eigenvalue weighted by Gasteiger charge is 2.43. The lowest BCUT2D eigenvalue weighted by molar-refractivity contribution is -0.148. The number of carbonyl (C=O) groups is 1. The topological polar surface area (TPSA) is 41.6 Å². The number of ether oxygens (including phenoxy) is 1. The quantitative estimate of drug-likeness (QED) is 0.852. The van der Waals surface area contributed by atoms with Gasteiger partial charge in [0.05, 0.1) is 12.0 Å². The van der Waals surface area contributed by atoms with E-state index in [0.29, 0.717) is 13.2 Å². The summed E-state index contributed by atoms with van der Waals surface area (Å²) in [6.45, 7) is 3.68. The van der Waals surface area contributed by atoms with Gasteiger partial charge in [0.15, 0.2) is 0 Å². The smallest absolute Gasteiger partial charge is 0.231 e. The molecule has 1 saturated heterocycles. The molecule has 1 fully saturated rings. The van der Waals surface area contributed by atoms with Crippen LogP contribution in [0.1, 0.15) is 35.4 Å². The van der Waals surface area contributed by atoms with E-state index in [1.165, 1.54) is 16.7 Å². The molecule has 1 amide bonds. The second-order valence-corrected chi connectivity index (χ2v) is 7.81. The maximum atomic E-state index is 13.7. The van der Waals surface area contributed by atoms with E-state index in [1.54, 1.807) is 7.11 Å². The standard InChI is InChI=1S/C23H28N2O2.ClH/c1-27-17-23(11-13-24-14-12-23)22(26)25-15-19-9-5-6-10-20(19)21(16-25)18-7-3-2-4-8-18;/h2-10,21,24H,11-17H2,1H3;1H. The molecule has 4 nitrogen and oxygen atoms in total. The maximum Gasteiger partial charge on any atom is 0.231 e. The number of rotatable bonds is 4. The fraction of sp³-hybridized carbons (Fsp3) is 0.435. The SMILES string of the molecule is COCC1(C(=O)N2Cc3ccccc3C(c3ccccc3)C2)CCNCC1.Cl. The lowest BCUT2D eigenvalue weighted by atomic mass is 9.76. The highest BCUT2D eigenvalue weighted by atomic mass is 35.5. The average Bonchev–Trinajstić information content (AvgIpc) is 2.74. The Morgan fingerprint density at radius 3 is 2.50 bits per heavy atom. The van der Waals surface area contributed by atoms with Crippen molar-refractivity contribution in [3.05, 3.63) is 71.3 Å². The van der Waals surface area contributed by atoms with Gasteiger partial charge >= 0.3 is 0 Å². The average molecular weight is 401 g/mol. The molecule has 2 aromatic carbocycles. The van der Waals surface area contributed by atoms with Crippen LogP contribution < -0.4 is 5.32 Å². The van der Waals surface area contributed by atoms with Crippen molar-refractivity contribution >= 4 is 18.3 Å². The molecule has 0 spiro atoms. The maximum absolute atomic E-state index is 13.7. The molecule has 28 heavy (non-hydrogen) atoms. The van der Waals surface area contributed by atoms with E-state index in [2.05, 4.69) is 58.7 Å². The van der Waals surface area contributed by atoms with Gasteiger partial charge in [-0.05, 0) is 42.6 Å². The lowest BCUT2D eigenvalue weighted by Crippen LogP contribution is -2.53. The Bertz CT molecular complexity index is 785. The Morgan fingerprint density at radius 2 is 1.79 bits per heavy atom. The molecule has 2 aromatic rings. The van der Waals surface area contributed by atoms with Gasteiger partial charge in [-0.1, -0.05) is 54.6 Å². The highest BCUT2D eigenvalue weighted by Crippen LogP contribution is 2.38. The molecule has 0 saturated carbocycles. The molecule has 1 atom stereocenters. The number of fused-ring (bicyclic) bond motifs is 1. The Hall–Kier alpha value is -1.88. The van der Waals surface area contributed by atoms with Crippen LogP contribution in [-0.2, 0) is 16.1 Å². The fourth-order valence-electron chi connectivity index (χ4n) is 4.67. The molecule has 5 heteroatoms. The summed E-state index contributed by atoms with van der Waals surface area (Å²) in [6.07, 6.45) is 1.68. The second kappa shape index (κ2) is 9.08. The number of carbonyl (C=O) groups excluding carboxylic acids is 1. The molecule has 0 radical (unpaired) electrons. The van der Waals surface area contributed by atoms with Crippen LogP contribution in [0.3, 0.4) is 0 Å². The molecule has 0 aliphatic carbocycles. The first-order valence-corrected chi connectivity index (χ1v) is 9.85. The first-order valence-electron chi connectivity index (χ1n) is 9.85. The highest BCUT2D eigenvalue weighted by molar-refractivity contribution is 5.85. The predicted molar refractivity (Wildman–Crippen MR) is 114 cm³/mol. The lowest BCUT2D eigenvalue weighted by Gasteiger charge is -2.43. The van der Waals surface area contributed by atoms with Gasteiger partial charge in [-0.15, -0.1) is 12.4 Å². The molecule has 0 aromatic heterocycles. The van der Waals surface area contributed by atoms with E-state index in [9.17, 15) is 4.79 Å². The van der Waals surface area contributed by atoms with Gasteiger partial charge in [0, 0.05) is 26.1 Å². The molecule has 2 aliphatic heterocycles. The van der Waals surface area contributed by atoms with Gasteiger partial charge in [0.25, 0.3) is 0 Å². The first kappa shape index (κ1) is 20.8. The van der Waals surface area contributed by atoms with Crippen LogP contribution in [0, 0.1) is 5.41 Å². The normalized spacial score (nSPS) is 20.8. The summed E-state index contributed by atoms with van der Waals surface area (Å²) >= 11 is 0. The van der Waals surface area contributed by atoms with Gasteiger partial charge in [0.1, 0.15) is 0 Å². The van der Waals surface area contributed by atoms with Crippen molar-refractivity contribution in [3.8, 4) is 0 Å². The Kier molecular flexibility index (Phi) is 6.76. The molecule has 2 aliphatic rings. The van der Waals surface area contributed by atoms with E-state index < -0.39 is 5.41 Å². The Morgan fingerprint density at radius 1 is 1.11 bits per heavy atom. The molecule has 150 valence electrons. The van der Waals surface area contributed by atoms with Crippen LogP contribution in [0.25, 0.3) is 0 Å². The van der Waals surface area contributed by atoms with Crippen molar-refractivity contribution in [2.24, 2.45) is 5.41 Å². The number of piperidine rings is 1. The summed E-state index contributed by atoms with van der Waals surface area (Å²) in [4.78, 5) is 15.7. The minimum Gasteiger partial charge on any atom is -0.384 e. The third-order valence-electron chi connectivity index (χ3n) is 6.12. The Balaban J connectivity index is 0.00000225. The second-order valence-electron chi connectivity index (χ2n) is 7.81. The summed E-state index contributed by atoms with van der Waals surface area (Å²) in [7, 11) is 1.70. The largest absolute Gasteiger partial charge is 0.384 e. The number of amides is 1. The fourth-order valence-corrected chi connectivity index (χ4v) is 4.67. The predicted octanol–water partition coefficient (Wildman–Crippen LogP) is 3.60. The minimum atomic E-state index is -0.395. The minimum absolute atomic E-state index is 0. The summed E-state index contributed by atoms with van der Waals surface area (Å²) in [5, 5.41) is 3.38. The van der Waals surface area contributed by atoms with Crippen molar-refractivity contribution in [1.82, 2.24) is 10.2 Å². The number of nitrogens with one attached hydrogen (secondary N) is 1. The number of hydrogen-bond donors (Lipinski definition) is 1. The molecule has 2 heterocycles. The van der Waals surface area contributed by atoms with Gasteiger partial charge < -0.3 is 15.0 Å². The van der Waals surface area contributed by atoms with Crippen molar-refractivity contribution in [2.75, 3.05) is 33.4 Å². The van der Waals surface area contributed by atoms with Gasteiger partial charge in [-0.3, -0.25) is 4.79 Å². The van der Waals surface area contributed by atoms with Crippen LogP contribution in [0.4, 0.5) is 0 Å². The summed E-state index contributed by atoms with van der Waals surface area (Å²) in [6, 6.07) is 19.1. The molecular weight excluding hydrogens is 372 g/mol. The monoisotopic (exact) mass is 400 g/mol. The summed E-state index contributed by atoms with van der Waals surface area (Å²) < 4.78 is 5.50. The zero-order chi connectivity index (χ0) is 18.7. The van der Waals surface area contributed by atoms with Crippen molar-refractivity contribution in [2.45, 2.75) is 25.3 Å². The Labute approximate surface area is 173 Å². The van der Waals surface area contributed by atoms with Crippen LogP contribution in [0.15, 0.2) is 54.6 Å². The van der Waals surface area contributed by atoms with Crippen molar-refractivity contribution < 1.29 is 9.53 Å². The summed E-state index contributed by atoms with van der Waals surface area (Å²) in [5.41, 5.74) is 3.48. The van der Waals surface area contributed by atoms with Gasteiger partial charge in [0.2, 0.25) is 5.91 Å². The van der Waals surface area contributed by atoms with E-state index in [4.69, 9.17) is 4.74 Å². The molecule has 0 bridgehead atoms. The molecule has 1 N–H and O–H groups in total. The first-order chi connectivity index (χ1) is 13.2. The summed E-state index contributed by atoms with van der Waals surface area (Å²) in [5.74, 6) is 0.475. The molecule has 4 rings (SSSR count). The van der Waals surface area contributed by atoms with Gasteiger partial charge in [-0.25, -0.2) is 0 Å². The van der Waals surface area contributed by atoms with E-state index in [0.717, 1.165) is 32.5 Å². The van der Waals surface area contributed by atoms with Gasteiger partial charge in [-0.2, -0.15) is 0 Å². The number of nitrogens with zero attached hydrogens (tertiary/aromatic N) is 1. The third-order valence-corrected chi connectivity index (χ3v) is 6.12. The number of halogens is 1.